The summed E-state index contributed by atoms with van der Waals surface area (Å²) in [5.41, 5.74) is -0.366. The minimum absolute atomic E-state index is 0.0329. The Hall–Kier alpha value is -1.72. The molecule has 1 atom stereocenters. The second-order valence-electron chi connectivity index (χ2n) is 5.61. The van der Waals surface area contributed by atoms with Crippen LogP contribution >= 0.6 is 0 Å². The summed E-state index contributed by atoms with van der Waals surface area (Å²) in [6.07, 6.45) is 1.29. The predicted octanol–water partition coefficient (Wildman–Crippen LogP) is 1.22. The molecule has 140 valence electrons. The lowest BCUT2D eigenvalue weighted by atomic mass is 10.1. The molecule has 1 aliphatic heterocycles. The highest BCUT2D eigenvalue weighted by molar-refractivity contribution is 7.92. The summed E-state index contributed by atoms with van der Waals surface area (Å²) in [7, 11) is -7.92. The van der Waals surface area contributed by atoms with Gasteiger partial charge in [0.25, 0.3) is 0 Å². The third kappa shape index (κ3) is 4.28. The molecule has 0 bridgehead atoms. The first-order valence-corrected chi connectivity index (χ1v) is 10.7. The fourth-order valence-corrected chi connectivity index (χ4v) is 4.86. The number of benzene rings is 1. The van der Waals surface area contributed by atoms with Gasteiger partial charge in [-0.1, -0.05) is 0 Å². The van der Waals surface area contributed by atoms with E-state index in [2.05, 4.69) is 0 Å². The minimum atomic E-state index is -4.21. The molecule has 1 saturated heterocycles. The molecule has 1 heterocycles. The molecule has 2 N–H and O–H groups in total. The van der Waals surface area contributed by atoms with E-state index < -0.39 is 42.8 Å². The number of aliphatic carboxylic acids is 1. The Balaban J connectivity index is 2.37. The molecule has 2 rings (SSSR count). The average Bonchev–Trinajstić information content (AvgIpc) is 2.56. The molecular formula is C14H19FN2O6S2. The maximum atomic E-state index is 14.1. The van der Waals surface area contributed by atoms with Gasteiger partial charge in [0, 0.05) is 6.54 Å². The molecule has 1 aliphatic rings. The van der Waals surface area contributed by atoms with Gasteiger partial charge in [0.05, 0.1) is 16.3 Å². The smallest absolute Gasteiger partial charge is 0.322 e. The van der Waals surface area contributed by atoms with Gasteiger partial charge in [0.15, 0.2) is 0 Å². The Morgan fingerprint density at radius 1 is 1.32 bits per heavy atom. The lowest BCUT2D eigenvalue weighted by Crippen LogP contribution is -2.47. The van der Waals surface area contributed by atoms with Crippen LogP contribution in [0.25, 0.3) is 0 Å². The first-order valence-electron chi connectivity index (χ1n) is 7.63. The number of carbonyl (C=O) groups is 1. The third-order valence-corrected chi connectivity index (χ3v) is 7.13. The van der Waals surface area contributed by atoms with E-state index in [9.17, 15) is 31.1 Å². The molecule has 0 spiro atoms. The number of rotatable bonds is 6. The number of carboxylic acids is 1. The first kappa shape index (κ1) is 19.6. The van der Waals surface area contributed by atoms with Crippen molar-refractivity contribution in [2.45, 2.75) is 37.1 Å². The van der Waals surface area contributed by atoms with Gasteiger partial charge < -0.3 is 5.11 Å². The zero-order valence-electron chi connectivity index (χ0n) is 13.5. The van der Waals surface area contributed by atoms with Crippen LogP contribution in [0.15, 0.2) is 23.1 Å². The summed E-state index contributed by atoms with van der Waals surface area (Å²) in [6, 6.07) is 1.56. The Morgan fingerprint density at radius 2 is 2.00 bits per heavy atom. The fraction of sp³-hybridized carbons (Fsp3) is 0.500. The maximum Gasteiger partial charge on any atom is 0.322 e. The summed E-state index contributed by atoms with van der Waals surface area (Å²) in [5.74, 6) is -2.57. The van der Waals surface area contributed by atoms with Gasteiger partial charge >= 0.3 is 5.97 Å². The first-order chi connectivity index (χ1) is 11.6. The van der Waals surface area contributed by atoms with Gasteiger partial charge in [-0.05, 0) is 44.4 Å². The topological polar surface area (TPSA) is 121 Å². The van der Waals surface area contributed by atoms with Crippen LogP contribution in [0.4, 0.5) is 10.1 Å². The number of nitrogens with zero attached hydrogens (tertiary/aromatic N) is 1. The van der Waals surface area contributed by atoms with Crippen molar-refractivity contribution in [2.75, 3.05) is 17.0 Å². The highest BCUT2D eigenvalue weighted by atomic mass is 32.2. The summed E-state index contributed by atoms with van der Waals surface area (Å²) in [5, 5.41) is 9.22. The maximum absolute atomic E-state index is 14.1. The zero-order chi connectivity index (χ0) is 18.8. The molecule has 1 unspecified atom stereocenters. The lowest BCUT2D eigenvalue weighted by Gasteiger charge is -2.31. The summed E-state index contributed by atoms with van der Waals surface area (Å²) in [6.45, 7) is 1.41. The number of halogens is 1. The molecule has 1 aromatic rings. The third-order valence-electron chi connectivity index (χ3n) is 3.93. The summed E-state index contributed by atoms with van der Waals surface area (Å²) >= 11 is 0. The van der Waals surface area contributed by atoms with Crippen molar-refractivity contribution < 1.29 is 31.1 Å². The Labute approximate surface area is 145 Å². The highest BCUT2D eigenvalue weighted by Gasteiger charge is 2.37. The fourth-order valence-electron chi connectivity index (χ4n) is 2.55. The molecule has 11 heteroatoms. The summed E-state index contributed by atoms with van der Waals surface area (Å²) in [4.78, 5) is 10.9. The highest BCUT2D eigenvalue weighted by Crippen LogP contribution is 2.28. The monoisotopic (exact) mass is 394 g/mol. The second kappa shape index (κ2) is 7.26. The number of anilines is 1. The van der Waals surface area contributed by atoms with Gasteiger partial charge in [0.2, 0.25) is 20.0 Å². The number of hydrogen-bond donors (Lipinski definition) is 2. The van der Waals surface area contributed by atoms with E-state index in [4.69, 9.17) is 0 Å². The van der Waals surface area contributed by atoms with Crippen LogP contribution in [0, 0.1) is 5.82 Å². The van der Waals surface area contributed by atoms with Crippen LogP contribution < -0.4 is 4.72 Å². The van der Waals surface area contributed by atoms with Crippen molar-refractivity contribution in [3.05, 3.63) is 24.0 Å². The molecule has 0 amide bonds. The van der Waals surface area contributed by atoms with Crippen LogP contribution in [0.5, 0.6) is 0 Å². The van der Waals surface area contributed by atoms with Crippen molar-refractivity contribution in [3.63, 3.8) is 0 Å². The van der Waals surface area contributed by atoms with E-state index in [-0.39, 0.29) is 24.4 Å². The van der Waals surface area contributed by atoms with Crippen LogP contribution in [0.3, 0.4) is 0 Å². The van der Waals surface area contributed by atoms with Gasteiger partial charge in [-0.25, -0.2) is 21.2 Å². The number of nitrogens with one attached hydrogen (secondary N) is 1. The normalized spacial score (nSPS) is 19.5. The molecular weight excluding hydrogens is 375 g/mol. The number of sulfonamides is 2. The molecule has 25 heavy (non-hydrogen) atoms. The van der Waals surface area contributed by atoms with E-state index in [0.717, 1.165) is 16.4 Å². The van der Waals surface area contributed by atoms with Crippen molar-refractivity contribution >= 4 is 31.7 Å². The molecule has 8 nitrogen and oxygen atoms in total. The molecule has 0 aromatic heterocycles. The predicted molar refractivity (Wildman–Crippen MR) is 88.7 cm³/mol. The number of piperidine rings is 1. The largest absolute Gasteiger partial charge is 0.480 e. The standard InChI is InChI=1S/C14H19FN2O6S2/c1-2-24(20,21)16-12-7-6-10(9-11(12)15)25(22,23)17-8-4-3-5-13(17)14(18)19/h6-7,9,13,16H,2-5,8H2,1H3,(H,18,19). The minimum Gasteiger partial charge on any atom is -0.480 e. The number of hydrogen-bond acceptors (Lipinski definition) is 5. The van der Waals surface area contributed by atoms with E-state index in [1.54, 1.807) is 0 Å². The zero-order valence-corrected chi connectivity index (χ0v) is 15.1. The van der Waals surface area contributed by atoms with E-state index in [1.165, 1.54) is 6.92 Å². The van der Waals surface area contributed by atoms with E-state index in [0.29, 0.717) is 18.9 Å². The molecule has 0 saturated carbocycles. The Bertz CT molecular complexity index is 869. The lowest BCUT2D eigenvalue weighted by molar-refractivity contribution is -0.142. The van der Waals surface area contributed by atoms with Crippen molar-refractivity contribution in [2.24, 2.45) is 0 Å². The van der Waals surface area contributed by atoms with Crippen molar-refractivity contribution in [1.82, 2.24) is 4.31 Å². The second-order valence-corrected chi connectivity index (χ2v) is 9.51. The van der Waals surface area contributed by atoms with Crippen LogP contribution in [0.1, 0.15) is 26.2 Å². The van der Waals surface area contributed by atoms with E-state index >= 15 is 0 Å². The van der Waals surface area contributed by atoms with Crippen LogP contribution in [0.2, 0.25) is 0 Å². The van der Waals surface area contributed by atoms with Gasteiger partial charge in [0.1, 0.15) is 11.9 Å². The quantitative estimate of drug-likeness (QED) is 0.748. The van der Waals surface area contributed by atoms with Crippen molar-refractivity contribution in [1.29, 1.82) is 0 Å². The van der Waals surface area contributed by atoms with Crippen molar-refractivity contribution in [3.8, 4) is 0 Å². The average molecular weight is 394 g/mol. The Morgan fingerprint density at radius 3 is 2.56 bits per heavy atom. The SMILES string of the molecule is CCS(=O)(=O)Nc1ccc(S(=O)(=O)N2CCCCC2C(=O)O)cc1F. The summed E-state index contributed by atoms with van der Waals surface area (Å²) < 4.78 is 65.3. The Kier molecular flexibility index (Phi) is 5.69. The van der Waals surface area contributed by atoms with Gasteiger partial charge in [-0.3, -0.25) is 9.52 Å². The molecule has 0 aliphatic carbocycles. The van der Waals surface area contributed by atoms with Crippen LogP contribution in [-0.2, 0) is 24.8 Å². The molecule has 0 radical (unpaired) electrons. The number of carboxylic acid groups (broad SMARTS) is 1. The molecule has 1 aromatic carbocycles. The van der Waals surface area contributed by atoms with Gasteiger partial charge in [-0.15, -0.1) is 0 Å². The van der Waals surface area contributed by atoms with Crippen LogP contribution in [-0.4, -0.2) is 50.6 Å². The van der Waals surface area contributed by atoms with E-state index in [1.807, 2.05) is 4.72 Å². The van der Waals surface area contributed by atoms with Gasteiger partial charge in [-0.2, -0.15) is 4.31 Å². The molecule has 1 fully saturated rings.